The van der Waals surface area contributed by atoms with E-state index in [2.05, 4.69) is 9.88 Å². The zero-order valence-corrected chi connectivity index (χ0v) is 21.2. The number of carbonyl (C=O) groups is 2. The highest BCUT2D eigenvalue weighted by molar-refractivity contribution is 7.19. The van der Waals surface area contributed by atoms with Gasteiger partial charge in [-0.15, -0.1) is 0 Å². The maximum atomic E-state index is 14.0. The van der Waals surface area contributed by atoms with Crippen LogP contribution in [0.25, 0.3) is 16.0 Å². The molecule has 186 valence electrons. The number of para-hydroxylation sites is 2. The standard InChI is InChI=1S/C27H27FN4O3S/c1-4-30(5-2)14-15-31-22(17-10-12-18(28)13-11-17)21(24(34)26(31)35)23(33)25-16(3)32-20-9-7-6-8-19(20)29-27(32)36-25/h6-13,22,34H,4-5,14-15H2,1-3H3. The lowest BCUT2D eigenvalue weighted by atomic mass is 9.95. The second-order valence-electron chi connectivity index (χ2n) is 8.81. The number of likely N-dealkylation sites (N-methyl/N-ethyl adjacent to an activating group) is 1. The van der Waals surface area contributed by atoms with Crippen molar-refractivity contribution in [2.45, 2.75) is 26.8 Å². The first kappa shape index (κ1) is 24.1. The van der Waals surface area contributed by atoms with Crippen LogP contribution in [0.1, 0.15) is 40.8 Å². The number of fused-ring (bicyclic) bond motifs is 3. The van der Waals surface area contributed by atoms with Gasteiger partial charge >= 0.3 is 0 Å². The molecule has 1 aliphatic rings. The molecule has 7 nitrogen and oxygen atoms in total. The molecule has 4 aromatic rings. The van der Waals surface area contributed by atoms with Crippen molar-refractivity contribution in [3.05, 3.63) is 81.8 Å². The number of aromatic nitrogens is 2. The summed E-state index contributed by atoms with van der Waals surface area (Å²) in [6.07, 6.45) is 0. The number of aliphatic hydroxyl groups is 1. The minimum atomic E-state index is -0.813. The highest BCUT2D eigenvalue weighted by atomic mass is 32.1. The number of imidazole rings is 1. The molecule has 5 rings (SSSR count). The second kappa shape index (κ2) is 9.48. The summed E-state index contributed by atoms with van der Waals surface area (Å²) in [6.45, 7) is 8.45. The molecule has 0 saturated carbocycles. The summed E-state index contributed by atoms with van der Waals surface area (Å²) in [5.41, 5.74) is 3.00. The zero-order chi connectivity index (χ0) is 25.6. The fourth-order valence-electron chi connectivity index (χ4n) is 4.89. The number of carbonyl (C=O) groups excluding carboxylic acids is 2. The van der Waals surface area contributed by atoms with Gasteiger partial charge in [0, 0.05) is 18.8 Å². The maximum absolute atomic E-state index is 14.0. The number of hydrogen-bond donors (Lipinski definition) is 1. The smallest absolute Gasteiger partial charge is 0.290 e. The van der Waals surface area contributed by atoms with Crippen LogP contribution in [0.5, 0.6) is 0 Å². The SMILES string of the molecule is CCN(CC)CCN1C(=O)C(O)=C(C(=O)c2sc3nc4ccccc4n3c2C)C1c1ccc(F)cc1. The number of rotatable bonds is 8. The molecular weight excluding hydrogens is 479 g/mol. The van der Waals surface area contributed by atoms with Crippen molar-refractivity contribution < 1.29 is 19.1 Å². The summed E-state index contributed by atoms with van der Waals surface area (Å²) in [7, 11) is 0. The Hall–Kier alpha value is -3.56. The maximum Gasteiger partial charge on any atom is 0.290 e. The van der Waals surface area contributed by atoms with Crippen LogP contribution in [0.2, 0.25) is 0 Å². The monoisotopic (exact) mass is 506 g/mol. The summed E-state index contributed by atoms with van der Waals surface area (Å²) in [5.74, 6) is -1.98. The van der Waals surface area contributed by atoms with E-state index in [1.807, 2.05) is 49.4 Å². The van der Waals surface area contributed by atoms with E-state index in [9.17, 15) is 19.1 Å². The van der Waals surface area contributed by atoms with Crippen molar-refractivity contribution in [2.24, 2.45) is 0 Å². The normalized spacial score (nSPS) is 16.3. The van der Waals surface area contributed by atoms with Crippen LogP contribution in [0.4, 0.5) is 4.39 Å². The predicted molar refractivity (Wildman–Crippen MR) is 138 cm³/mol. The highest BCUT2D eigenvalue weighted by Crippen LogP contribution is 2.41. The van der Waals surface area contributed by atoms with E-state index in [1.165, 1.54) is 28.4 Å². The van der Waals surface area contributed by atoms with Crippen molar-refractivity contribution in [3.8, 4) is 0 Å². The van der Waals surface area contributed by atoms with Crippen molar-refractivity contribution in [1.82, 2.24) is 19.2 Å². The molecule has 1 unspecified atom stereocenters. The Morgan fingerprint density at radius 1 is 1.14 bits per heavy atom. The summed E-state index contributed by atoms with van der Waals surface area (Å²) in [6, 6.07) is 12.6. The molecule has 0 bridgehead atoms. The van der Waals surface area contributed by atoms with Crippen LogP contribution in [0.3, 0.4) is 0 Å². The Morgan fingerprint density at radius 3 is 2.53 bits per heavy atom. The van der Waals surface area contributed by atoms with Crippen LogP contribution in [-0.4, -0.2) is 62.2 Å². The molecule has 1 N–H and O–H groups in total. The zero-order valence-electron chi connectivity index (χ0n) is 20.4. The minimum absolute atomic E-state index is 0.0167. The van der Waals surface area contributed by atoms with Gasteiger partial charge in [-0.1, -0.05) is 49.4 Å². The lowest BCUT2D eigenvalue weighted by Crippen LogP contribution is -2.38. The van der Waals surface area contributed by atoms with Crippen molar-refractivity contribution in [3.63, 3.8) is 0 Å². The van der Waals surface area contributed by atoms with Crippen LogP contribution in [-0.2, 0) is 4.79 Å². The number of nitrogens with zero attached hydrogens (tertiary/aromatic N) is 4. The van der Waals surface area contributed by atoms with Gasteiger partial charge in [-0.05, 0) is 49.8 Å². The number of halogens is 1. The average molecular weight is 507 g/mol. The van der Waals surface area contributed by atoms with Gasteiger partial charge in [0.25, 0.3) is 5.91 Å². The fraction of sp³-hybridized carbons (Fsp3) is 0.296. The van der Waals surface area contributed by atoms with Gasteiger partial charge in [-0.3, -0.25) is 14.0 Å². The molecule has 0 aliphatic carbocycles. The van der Waals surface area contributed by atoms with E-state index < -0.39 is 29.3 Å². The first-order chi connectivity index (χ1) is 17.3. The quantitative estimate of drug-likeness (QED) is 0.344. The van der Waals surface area contributed by atoms with Crippen LogP contribution in [0, 0.1) is 12.7 Å². The lowest BCUT2D eigenvalue weighted by Gasteiger charge is -2.29. The Labute approximate surface area is 212 Å². The van der Waals surface area contributed by atoms with Crippen molar-refractivity contribution in [2.75, 3.05) is 26.2 Å². The molecule has 1 amide bonds. The molecule has 0 saturated heterocycles. The minimum Gasteiger partial charge on any atom is -0.503 e. The van der Waals surface area contributed by atoms with Crippen molar-refractivity contribution >= 4 is 39.0 Å². The molecule has 2 aromatic carbocycles. The molecule has 36 heavy (non-hydrogen) atoms. The number of amides is 1. The summed E-state index contributed by atoms with van der Waals surface area (Å²) in [4.78, 5) is 36.6. The first-order valence-corrected chi connectivity index (χ1v) is 12.8. The molecule has 3 heterocycles. The molecule has 1 atom stereocenters. The van der Waals surface area contributed by atoms with Gasteiger partial charge in [-0.25, -0.2) is 9.37 Å². The van der Waals surface area contributed by atoms with E-state index in [1.54, 1.807) is 12.1 Å². The molecule has 0 fully saturated rings. The summed E-state index contributed by atoms with van der Waals surface area (Å²) < 4.78 is 15.7. The largest absolute Gasteiger partial charge is 0.503 e. The fourth-order valence-corrected chi connectivity index (χ4v) is 5.99. The predicted octanol–water partition coefficient (Wildman–Crippen LogP) is 4.92. The van der Waals surface area contributed by atoms with Gasteiger partial charge in [0.2, 0.25) is 5.78 Å². The average Bonchev–Trinajstić information content (AvgIpc) is 3.49. The van der Waals surface area contributed by atoms with Gasteiger partial charge in [0.1, 0.15) is 5.82 Å². The van der Waals surface area contributed by atoms with Crippen LogP contribution >= 0.6 is 11.3 Å². The third kappa shape index (κ3) is 3.88. The molecule has 9 heteroatoms. The van der Waals surface area contributed by atoms with E-state index in [4.69, 9.17) is 0 Å². The molecule has 1 aliphatic heterocycles. The van der Waals surface area contributed by atoms with Crippen LogP contribution < -0.4 is 0 Å². The second-order valence-corrected chi connectivity index (χ2v) is 9.78. The van der Waals surface area contributed by atoms with E-state index in [0.29, 0.717) is 34.2 Å². The Kier molecular flexibility index (Phi) is 6.36. The first-order valence-electron chi connectivity index (χ1n) is 12.0. The van der Waals surface area contributed by atoms with Gasteiger partial charge < -0.3 is 14.9 Å². The Morgan fingerprint density at radius 2 is 1.83 bits per heavy atom. The number of ketones is 1. The third-order valence-corrected chi connectivity index (χ3v) is 8.02. The molecule has 2 aromatic heterocycles. The molecule has 0 spiro atoms. The molecule has 0 radical (unpaired) electrons. The van der Waals surface area contributed by atoms with E-state index >= 15 is 0 Å². The Balaban J connectivity index is 1.59. The van der Waals surface area contributed by atoms with Gasteiger partial charge in [0.15, 0.2) is 10.7 Å². The third-order valence-electron chi connectivity index (χ3n) is 6.88. The number of benzene rings is 2. The van der Waals surface area contributed by atoms with Gasteiger partial charge in [-0.2, -0.15) is 0 Å². The number of Topliss-reactive ketones (excluding diaryl/α,β-unsaturated/α-hetero) is 1. The molecular formula is C27H27FN4O3S. The summed E-state index contributed by atoms with van der Waals surface area (Å²) >= 11 is 1.23. The Bertz CT molecular complexity index is 1500. The number of hydrogen-bond acceptors (Lipinski definition) is 6. The summed E-state index contributed by atoms with van der Waals surface area (Å²) in [5, 5.41) is 11.0. The topological polar surface area (TPSA) is 78.2 Å². The van der Waals surface area contributed by atoms with Crippen LogP contribution in [0.15, 0.2) is 59.9 Å². The number of thiazole rings is 1. The van der Waals surface area contributed by atoms with Crippen molar-refractivity contribution in [1.29, 1.82) is 0 Å². The lowest BCUT2D eigenvalue weighted by molar-refractivity contribution is -0.129. The van der Waals surface area contributed by atoms with Gasteiger partial charge in [0.05, 0.1) is 27.5 Å². The van der Waals surface area contributed by atoms with E-state index in [-0.39, 0.29) is 5.57 Å². The number of aliphatic hydroxyl groups excluding tert-OH is 1. The number of aryl methyl sites for hydroxylation is 1. The highest BCUT2D eigenvalue weighted by Gasteiger charge is 2.44. The van der Waals surface area contributed by atoms with E-state index in [0.717, 1.165) is 24.1 Å².